The van der Waals surface area contributed by atoms with Crippen LogP contribution in [0.1, 0.15) is 0 Å². The Hall–Kier alpha value is 1.40. The minimum Gasteiger partial charge on any atom is -2.00 e. The zero-order valence-electron chi connectivity index (χ0n) is 1.71. The first-order valence-corrected chi connectivity index (χ1v) is 0. The molecule has 16 valence electrons. The van der Waals surface area contributed by atoms with E-state index in [1.807, 2.05) is 0 Å². The molecule has 0 saturated heterocycles. The molecule has 0 fully saturated rings. The molecule has 0 aliphatic carbocycles. The molecule has 0 atom stereocenters. The number of hydrogen-bond donors (Lipinski definition) is 0. The van der Waals surface area contributed by atoms with Gasteiger partial charge in [0.25, 0.3) is 0 Å². The summed E-state index contributed by atoms with van der Waals surface area (Å²) in [6.45, 7) is 0. The summed E-state index contributed by atoms with van der Waals surface area (Å²) in [5.41, 5.74) is 0. The summed E-state index contributed by atoms with van der Waals surface area (Å²) in [5, 5.41) is 0. The molecule has 0 bridgehead atoms. The molecule has 0 aromatic heterocycles. The minimum absolute atomic E-state index is 0. The summed E-state index contributed by atoms with van der Waals surface area (Å²) in [7, 11) is 0. The van der Waals surface area contributed by atoms with Crippen molar-refractivity contribution in [2.75, 3.05) is 0 Å². The second kappa shape index (κ2) is 25.9. The van der Waals surface area contributed by atoms with E-state index in [2.05, 4.69) is 0 Å². The molecule has 0 radical (unpaired) electrons. The van der Waals surface area contributed by atoms with Crippen LogP contribution in [0.5, 0.6) is 0 Å². The average molecular weight is 306 g/mol. The van der Waals surface area contributed by atoms with Crippen molar-refractivity contribution in [2.45, 2.75) is 0 Å². The fourth-order valence-electron chi connectivity index (χ4n) is 0. The maximum atomic E-state index is 0. The van der Waals surface area contributed by atoms with Crippen molar-refractivity contribution in [2.24, 2.45) is 0 Å². The molecule has 0 aliphatic heterocycles. The average Bonchev–Trinajstić information content (AvgIpc) is 0. The predicted molar refractivity (Wildman–Crippen MR) is 1.37 cm³/mol. The molecule has 0 amide bonds. The first-order valence-electron chi connectivity index (χ1n) is 0. The van der Waals surface area contributed by atoms with E-state index >= 15 is 0 Å². The fraction of sp³-hybridized carbons (Fsp3) is 0. The van der Waals surface area contributed by atoms with Crippen molar-refractivity contribution >= 4 is 0 Å². The maximum absolute atomic E-state index is 0. The van der Waals surface area contributed by atoms with E-state index in [1.54, 1.807) is 0 Å². The van der Waals surface area contributed by atoms with Crippen LogP contribution in [0, 0.1) is 0 Å². The Balaban J connectivity index is 0. The second-order valence-electron chi connectivity index (χ2n) is 0. The van der Waals surface area contributed by atoms with Gasteiger partial charge in [-0.3, -0.25) is 0 Å². The van der Waals surface area contributed by atoms with Crippen molar-refractivity contribution < 1.29 is 55.7 Å². The molecular formula is NbO2Ta+6. The van der Waals surface area contributed by atoms with Gasteiger partial charge in [0.1, 0.15) is 0 Å². The van der Waals surface area contributed by atoms with Crippen LogP contribution in [0.3, 0.4) is 0 Å². The van der Waals surface area contributed by atoms with Crippen LogP contribution < -0.4 is 0 Å². The molecular weight excluding hydrogens is 306 g/mol. The van der Waals surface area contributed by atoms with E-state index < -0.39 is 0 Å². The summed E-state index contributed by atoms with van der Waals surface area (Å²) in [6.07, 6.45) is 0. The van der Waals surface area contributed by atoms with Gasteiger partial charge in [-0.25, -0.2) is 0 Å². The molecule has 0 N–H and O–H groups in total. The third-order valence-corrected chi connectivity index (χ3v) is 0. The Kier molecular flexibility index (Phi) is 346. The summed E-state index contributed by atoms with van der Waals surface area (Å²) in [5.74, 6) is 0. The first-order chi connectivity index (χ1) is 0. The molecule has 0 rings (SSSR count). The van der Waals surface area contributed by atoms with Crippen molar-refractivity contribution in [1.82, 2.24) is 0 Å². The van der Waals surface area contributed by atoms with Crippen LogP contribution >= 0.6 is 0 Å². The zero-order valence-corrected chi connectivity index (χ0v) is 7.12. The standard InChI is InChI=1S/Nb.2O.Ta/q+5;2*-2;+5. The van der Waals surface area contributed by atoms with Gasteiger partial charge in [-0.1, -0.05) is 0 Å². The molecule has 0 saturated carbocycles. The van der Waals surface area contributed by atoms with Gasteiger partial charge in [-0.15, -0.1) is 0 Å². The molecule has 2 nitrogen and oxygen atoms in total. The van der Waals surface area contributed by atoms with Crippen LogP contribution in [0.4, 0.5) is 0 Å². The van der Waals surface area contributed by atoms with Gasteiger partial charge < -0.3 is 11.0 Å². The molecule has 0 spiro atoms. The topological polar surface area (TPSA) is 57.0 Å². The van der Waals surface area contributed by atoms with Gasteiger partial charge >= 0.3 is 44.8 Å². The van der Waals surface area contributed by atoms with E-state index in [0.29, 0.717) is 0 Å². The van der Waals surface area contributed by atoms with Crippen LogP contribution in [-0.2, 0) is 55.7 Å². The van der Waals surface area contributed by atoms with Gasteiger partial charge in [-0.05, 0) is 0 Å². The quantitative estimate of drug-likeness (QED) is 0.555. The molecule has 0 aromatic carbocycles. The third-order valence-electron chi connectivity index (χ3n) is 0. The molecule has 0 aromatic rings. The monoisotopic (exact) mass is 306 g/mol. The van der Waals surface area contributed by atoms with Gasteiger partial charge in [0, 0.05) is 0 Å². The molecule has 0 heterocycles. The summed E-state index contributed by atoms with van der Waals surface area (Å²) < 4.78 is 0. The maximum Gasteiger partial charge on any atom is 5.00 e. The summed E-state index contributed by atoms with van der Waals surface area (Å²) >= 11 is 0. The van der Waals surface area contributed by atoms with Crippen LogP contribution in [0.25, 0.3) is 0 Å². The van der Waals surface area contributed by atoms with Crippen molar-refractivity contribution in [1.29, 1.82) is 0 Å². The molecule has 4 heavy (non-hydrogen) atoms. The van der Waals surface area contributed by atoms with Crippen LogP contribution in [0.2, 0.25) is 0 Å². The molecule has 0 unspecified atom stereocenters. The Morgan fingerprint density at radius 3 is 0.750 bits per heavy atom. The van der Waals surface area contributed by atoms with Crippen molar-refractivity contribution in [3.63, 3.8) is 0 Å². The van der Waals surface area contributed by atoms with Gasteiger partial charge in [-0.2, -0.15) is 0 Å². The van der Waals surface area contributed by atoms with Gasteiger partial charge in [0.05, 0.1) is 0 Å². The Bertz CT molecular complexity index is 6.00. The number of rotatable bonds is 0. The Morgan fingerprint density at radius 2 is 0.750 bits per heavy atom. The Morgan fingerprint density at radius 1 is 0.750 bits per heavy atom. The van der Waals surface area contributed by atoms with E-state index in [4.69, 9.17) is 0 Å². The van der Waals surface area contributed by atoms with E-state index in [-0.39, 0.29) is 55.7 Å². The van der Waals surface area contributed by atoms with Crippen LogP contribution in [0.15, 0.2) is 0 Å². The fourth-order valence-corrected chi connectivity index (χ4v) is 0. The predicted octanol–water partition coefficient (Wildman–Crippen LogP) is -0.243. The van der Waals surface area contributed by atoms with Gasteiger partial charge in [0.15, 0.2) is 0 Å². The SMILES string of the molecule is [Nb+5].[O-2].[O-2].[Ta+5]. The van der Waals surface area contributed by atoms with E-state index in [1.165, 1.54) is 0 Å². The zero-order chi connectivity index (χ0) is 0. The Labute approximate surface area is 55.6 Å². The van der Waals surface area contributed by atoms with Crippen molar-refractivity contribution in [3.05, 3.63) is 0 Å². The largest absolute Gasteiger partial charge is 5.00 e. The van der Waals surface area contributed by atoms with E-state index in [0.717, 1.165) is 0 Å². The second-order valence-corrected chi connectivity index (χ2v) is 0. The first kappa shape index (κ1) is 53.3. The third kappa shape index (κ3) is 9.99. The van der Waals surface area contributed by atoms with Crippen LogP contribution in [-0.4, -0.2) is 0 Å². The summed E-state index contributed by atoms with van der Waals surface area (Å²) in [6, 6.07) is 0. The smallest absolute Gasteiger partial charge is 2.00 e. The van der Waals surface area contributed by atoms with E-state index in [9.17, 15) is 0 Å². The summed E-state index contributed by atoms with van der Waals surface area (Å²) in [4.78, 5) is 0. The number of hydrogen-bond acceptors (Lipinski definition) is 0. The van der Waals surface area contributed by atoms with Gasteiger partial charge in [0.2, 0.25) is 0 Å². The normalized spacial score (nSPS) is 0. The molecule has 4 heteroatoms. The molecule has 0 aliphatic rings. The minimum atomic E-state index is 0. The van der Waals surface area contributed by atoms with Crippen molar-refractivity contribution in [3.8, 4) is 0 Å².